The summed E-state index contributed by atoms with van der Waals surface area (Å²) >= 11 is 1.15. The fraction of sp³-hybridized carbons (Fsp3) is 0.125. The molecule has 4 N–H and O–H groups in total. The zero-order valence-electron chi connectivity index (χ0n) is 18.4. The molecular formula is C24H20F2N4O4S. The molecule has 0 atom stereocenters. The number of anilines is 2. The SMILES string of the molecule is Cc1ccc(F)c(NC(=O)Nc2ccc(Oc3ccnc4cc(C(=O)NCCO)sc34)cc2F)c1. The summed E-state index contributed by atoms with van der Waals surface area (Å²) in [6.45, 7) is 1.70. The molecule has 0 fully saturated rings. The van der Waals surface area contributed by atoms with Crippen LogP contribution in [0.2, 0.25) is 0 Å². The van der Waals surface area contributed by atoms with E-state index in [1.165, 1.54) is 30.5 Å². The Labute approximate surface area is 202 Å². The number of carbonyl (C=O) groups excluding carboxylic acids is 2. The molecule has 4 rings (SSSR count). The Bertz CT molecular complexity index is 1410. The number of nitrogens with one attached hydrogen (secondary N) is 3. The van der Waals surface area contributed by atoms with E-state index in [-0.39, 0.29) is 36.2 Å². The predicted octanol–water partition coefficient (Wildman–Crippen LogP) is 5.04. The van der Waals surface area contributed by atoms with E-state index in [4.69, 9.17) is 9.84 Å². The zero-order chi connectivity index (χ0) is 24.9. The van der Waals surface area contributed by atoms with Crippen LogP contribution in [0.1, 0.15) is 15.2 Å². The van der Waals surface area contributed by atoms with Crippen molar-refractivity contribution in [2.24, 2.45) is 0 Å². The highest BCUT2D eigenvalue weighted by Gasteiger charge is 2.15. The highest BCUT2D eigenvalue weighted by molar-refractivity contribution is 7.21. The summed E-state index contributed by atoms with van der Waals surface area (Å²) < 4.78 is 34.9. The summed E-state index contributed by atoms with van der Waals surface area (Å²) in [6, 6.07) is 10.5. The van der Waals surface area contributed by atoms with Gasteiger partial charge in [-0.05, 0) is 42.8 Å². The lowest BCUT2D eigenvalue weighted by Gasteiger charge is -2.11. The quantitative estimate of drug-likeness (QED) is 0.285. The minimum Gasteiger partial charge on any atom is -0.456 e. The Hall–Kier alpha value is -4.09. The highest BCUT2D eigenvalue weighted by Crippen LogP contribution is 2.35. The molecule has 180 valence electrons. The van der Waals surface area contributed by atoms with E-state index in [0.717, 1.165) is 23.0 Å². The number of halogens is 2. The molecule has 0 saturated heterocycles. The number of hydrogen-bond acceptors (Lipinski definition) is 6. The monoisotopic (exact) mass is 498 g/mol. The van der Waals surface area contributed by atoms with E-state index >= 15 is 0 Å². The third-order valence-corrected chi connectivity index (χ3v) is 5.92. The van der Waals surface area contributed by atoms with Crippen molar-refractivity contribution in [1.29, 1.82) is 0 Å². The van der Waals surface area contributed by atoms with Gasteiger partial charge in [0.25, 0.3) is 5.91 Å². The van der Waals surface area contributed by atoms with Gasteiger partial charge in [-0.25, -0.2) is 13.6 Å². The number of benzene rings is 2. The van der Waals surface area contributed by atoms with Crippen LogP contribution in [-0.2, 0) is 0 Å². The molecule has 8 nitrogen and oxygen atoms in total. The van der Waals surface area contributed by atoms with E-state index in [1.807, 2.05) is 0 Å². The molecule has 2 aromatic heterocycles. The summed E-state index contributed by atoms with van der Waals surface area (Å²) in [5.41, 5.74) is 1.13. The first-order valence-electron chi connectivity index (χ1n) is 10.4. The van der Waals surface area contributed by atoms with Gasteiger partial charge in [-0.15, -0.1) is 11.3 Å². The molecule has 0 bridgehead atoms. The number of aryl methyl sites for hydroxylation is 1. The maximum Gasteiger partial charge on any atom is 0.323 e. The summed E-state index contributed by atoms with van der Waals surface area (Å²) in [7, 11) is 0. The van der Waals surface area contributed by atoms with Crippen molar-refractivity contribution in [3.63, 3.8) is 0 Å². The van der Waals surface area contributed by atoms with Gasteiger partial charge in [-0.1, -0.05) is 6.07 Å². The van der Waals surface area contributed by atoms with Gasteiger partial charge in [0.1, 0.15) is 23.1 Å². The van der Waals surface area contributed by atoms with Crippen LogP contribution in [0.5, 0.6) is 11.5 Å². The lowest BCUT2D eigenvalue weighted by atomic mass is 10.2. The maximum atomic E-state index is 14.7. The third kappa shape index (κ3) is 5.70. The van der Waals surface area contributed by atoms with Crippen molar-refractivity contribution in [2.45, 2.75) is 6.92 Å². The topological polar surface area (TPSA) is 113 Å². The number of urea groups is 1. The summed E-state index contributed by atoms with van der Waals surface area (Å²) in [5, 5.41) is 16.1. The van der Waals surface area contributed by atoms with Crippen LogP contribution in [0.15, 0.2) is 54.7 Å². The average Bonchev–Trinajstić information content (AvgIpc) is 3.27. The summed E-state index contributed by atoms with van der Waals surface area (Å²) in [6.07, 6.45) is 1.50. The van der Waals surface area contributed by atoms with E-state index in [0.29, 0.717) is 20.8 Å². The Balaban J connectivity index is 1.48. The number of aromatic nitrogens is 1. The standard InChI is InChI=1S/C24H20F2N4O4S/c1-13-2-4-15(25)18(10-13)30-24(33)29-17-5-3-14(11-16(17)26)34-20-6-7-27-19-12-21(35-22(19)20)23(32)28-8-9-31/h2-7,10-12,31H,8-9H2,1H3,(H,28,32)(H2,29,30,33). The molecule has 2 aromatic carbocycles. The van der Waals surface area contributed by atoms with Crippen LogP contribution in [0.4, 0.5) is 25.0 Å². The molecule has 0 aliphatic carbocycles. The Morgan fingerprint density at radius 3 is 2.60 bits per heavy atom. The molecule has 0 aliphatic heterocycles. The number of aliphatic hydroxyl groups is 1. The minimum absolute atomic E-state index is 0.0232. The number of carbonyl (C=O) groups is 2. The van der Waals surface area contributed by atoms with Crippen molar-refractivity contribution in [1.82, 2.24) is 10.3 Å². The maximum absolute atomic E-state index is 14.7. The fourth-order valence-corrected chi connectivity index (χ4v) is 4.14. The first kappa shape index (κ1) is 24.0. The molecule has 0 radical (unpaired) electrons. The Morgan fingerprint density at radius 1 is 1.03 bits per heavy atom. The lowest BCUT2D eigenvalue weighted by Crippen LogP contribution is -2.25. The molecule has 0 spiro atoms. The second kappa shape index (κ2) is 10.5. The van der Waals surface area contributed by atoms with Gasteiger partial charge in [0.05, 0.1) is 33.1 Å². The molecule has 11 heteroatoms. The van der Waals surface area contributed by atoms with Gasteiger partial charge in [0.2, 0.25) is 0 Å². The van der Waals surface area contributed by atoms with Gasteiger partial charge < -0.3 is 25.8 Å². The number of hydrogen-bond donors (Lipinski definition) is 4. The first-order valence-corrected chi connectivity index (χ1v) is 11.2. The average molecular weight is 499 g/mol. The van der Waals surface area contributed by atoms with E-state index in [2.05, 4.69) is 20.9 Å². The van der Waals surface area contributed by atoms with Crippen LogP contribution in [-0.4, -0.2) is 35.2 Å². The summed E-state index contributed by atoms with van der Waals surface area (Å²) in [5.74, 6) is -1.19. The van der Waals surface area contributed by atoms with Crippen molar-refractivity contribution in [3.8, 4) is 11.5 Å². The van der Waals surface area contributed by atoms with Gasteiger partial charge in [-0.3, -0.25) is 9.78 Å². The van der Waals surface area contributed by atoms with Crippen LogP contribution in [0.3, 0.4) is 0 Å². The number of amides is 3. The Morgan fingerprint density at radius 2 is 1.83 bits per heavy atom. The number of aliphatic hydroxyl groups excluding tert-OH is 1. The number of pyridine rings is 1. The van der Waals surface area contributed by atoms with Crippen molar-refractivity contribution >= 4 is 44.9 Å². The van der Waals surface area contributed by atoms with Crippen molar-refractivity contribution in [3.05, 3.63) is 76.8 Å². The summed E-state index contributed by atoms with van der Waals surface area (Å²) in [4.78, 5) is 29.0. The van der Waals surface area contributed by atoms with Crippen LogP contribution < -0.4 is 20.7 Å². The van der Waals surface area contributed by atoms with Gasteiger partial charge in [0, 0.05) is 24.9 Å². The van der Waals surface area contributed by atoms with Crippen LogP contribution in [0.25, 0.3) is 10.2 Å². The van der Waals surface area contributed by atoms with Gasteiger partial charge in [-0.2, -0.15) is 0 Å². The number of rotatable bonds is 7. The smallest absolute Gasteiger partial charge is 0.323 e. The van der Waals surface area contributed by atoms with Crippen LogP contribution >= 0.6 is 11.3 Å². The van der Waals surface area contributed by atoms with Gasteiger partial charge >= 0.3 is 6.03 Å². The van der Waals surface area contributed by atoms with E-state index in [9.17, 15) is 18.4 Å². The van der Waals surface area contributed by atoms with E-state index < -0.39 is 17.7 Å². The molecule has 2 heterocycles. The molecule has 4 aromatic rings. The molecule has 0 unspecified atom stereocenters. The second-order valence-electron chi connectivity index (χ2n) is 7.42. The number of nitrogens with zero attached hydrogens (tertiary/aromatic N) is 1. The molecule has 3 amide bonds. The third-order valence-electron chi connectivity index (χ3n) is 4.78. The molecule has 0 saturated carbocycles. The lowest BCUT2D eigenvalue weighted by molar-refractivity contribution is 0.0949. The van der Waals surface area contributed by atoms with Crippen molar-refractivity contribution in [2.75, 3.05) is 23.8 Å². The second-order valence-corrected chi connectivity index (χ2v) is 8.47. The van der Waals surface area contributed by atoms with Crippen LogP contribution in [0, 0.1) is 18.6 Å². The highest BCUT2D eigenvalue weighted by atomic mass is 32.1. The number of thiophene rings is 1. The minimum atomic E-state index is -0.802. The predicted molar refractivity (Wildman–Crippen MR) is 129 cm³/mol. The number of fused-ring (bicyclic) bond motifs is 1. The van der Waals surface area contributed by atoms with Crippen molar-refractivity contribution < 1.29 is 28.2 Å². The molecule has 0 aliphatic rings. The van der Waals surface area contributed by atoms with E-state index in [1.54, 1.807) is 25.1 Å². The fourth-order valence-electron chi connectivity index (χ4n) is 3.16. The largest absolute Gasteiger partial charge is 0.456 e. The molecular weight excluding hydrogens is 478 g/mol. The normalized spacial score (nSPS) is 10.7. The molecule has 35 heavy (non-hydrogen) atoms. The van der Waals surface area contributed by atoms with Gasteiger partial charge in [0.15, 0.2) is 0 Å². The zero-order valence-corrected chi connectivity index (χ0v) is 19.2. The first-order chi connectivity index (χ1) is 16.8. The Kier molecular flexibility index (Phi) is 7.18. The number of ether oxygens (including phenoxy) is 1.